The van der Waals surface area contributed by atoms with Gasteiger partial charge < -0.3 is 9.64 Å². The fraction of sp³-hybridized carbons (Fsp3) is 0.381. The van der Waals surface area contributed by atoms with Gasteiger partial charge in [0.15, 0.2) is 0 Å². The van der Waals surface area contributed by atoms with Gasteiger partial charge in [-0.2, -0.15) is 4.31 Å². The normalized spacial score (nSPS) is 20.3. The van der Waals surface area contributed by atoms with E-state index in [1.807, 2.05) is 24.3 Å². The van der Waals surface area contributed by atoms with Crippen molar-refractivity contribution in [1.82, 2.24) is 9.21 Å². The molecule has 2 aromatic carbocycles. The molecular weight excluding hydrogens is 456 g/mol. The van der Waals surface area contributed by atoms with Crippen LogP contribution in [0.15, 0.2) is 57.9 Å². The SMILES string of the molecule is O=C(C[C@@H]1c2ccccc2CCN1S(=O)(=O)c1ccc(Br)cc1)N1CCOCC1. The van der Waals surface area contributed by atoms with Crippen LogP contribution in [0.1, 0.15) is 23.6 Å². The van der Waals surface area contributed by atoms with Gasteiger partial charge in [-0.3, -0.25) is 4.79 Å². The zero-order valence-electron chi connectivity index (χ0n) is 16.0. The van der Waals surface area contributed by atoms with Crippen molar-refractivity contribution in [2.24, 2.45) is 0 Å². The summed E-state index contributed by atoms with van der Waals surface area (Å²) < 4.78 is 34.5. The Kier molecular flexibility index (Phi) is 6.06. The number of benzene rings is 2. The van der Waals surface area contributed by atoms with Crippen LogP contribution in [0, 0.1) is 0 Å². The number of sulfonamides is 1. The number of carbonyl (C=O) groups is 1. The van der Waals surface area contributed by atoms with E-state index in [9.17, 15) is 13.2 Å². The average molecular weight is 479 g/mol. The molecule has 6 nitrogen and oxygen atoms in total. The molecule has 1 saturated heterocycles. The van der Waals surface area contributed by atoms with E-state index < -0.39 is 16.1 Å². The first kappa shape index (κ1) is 20.5. The molecular formula is C21H23BrN2O4S. The van der Waals surface area contributed by atoms with Crippen molar-refractivity contribution in [2.45, 2.75) is 23.8 Å². The van der Waals surface area contributed by atoms with Crippen LogP contribution >= 0.6 is 15.9 Å². The van der Waals surface area contributed by atoms with Gasteiger partial charge in [-0.05, 0) is 41.8 Å². The summed E-state index contributed by atoms with van der Waals surface area (Å²) in [6.45, 7) is 2.50. The van der Waals surface area contributed by atoms with Crippen molar-refractivity contribution in [1.29, 1.82) is 0 Å². The minimum atomic E-state index is -3.73. The molecule has 0 aromatic heterocycles. The van der Waals surface area contributed by atoms with E-state index in [0.717, 1.165) is 15.6 Å². The van der Waals surface area contributed by atoms with Gasteiger partial charge in [-0.15, -0.1) is 0 Å². The number of fused-ring (bicyclic) bond motifs is 1. The lowest BCUT2D eigenvalue weighted by Gasteiger charge is -2.37. The summed E-state index contributed by atoms with van der Waals surface area (Å²) in [4.78, 5) is 15.0. The molecule has 1 atom stereocenters. The highest BCUT2D eigenvalue weighted by Gasteiger charge is 2.38. The molecule has 1 amide bonds. The van der Waals surface area contributed by atoms with Crippen LogP contribution in [-0.4, -0.2) is 56.4 Å². The Morgan fingerprint density at radius 2 is 1.72 bits per heavy atom. The Morgan fingerprint density at radius 3 is 2.45 bits per heavy atom. The van der Waals surface area contributed by atoms with E-state index in [2.05, 4.69) is 15.9 Å². The third kappa shape index (κ3) is 4.26. The van der Waals surface area contributed by atoms with Crippen molar-refractivity contribution in [3.8, 4) is 0 Å². The quantitative estimate of drug-likeness (QED) is 0.677. The average Bonchev–Trinajstić information content (AvgIpc) is 2.74. The first-order valence-corrected chi connectivity index (χ1v) is 11.9. The van der Waals surface area contributed by atoms with E-state index in [1.54, 1.807) is 29.2 Å². The zero-order chi connectivity index (χ0) is 20.4. The van der Waals surface area contributed by atoms with Crippen molar-refractivity contribution in [3.05, 3.63) is 64.1 Å². The summed E-state index contributed by atoms with van der Waals surface area (Å²) in [5.41, 5.74) is 2.02. The summed E-state index contributed by atoms with van der Waals surface area (Å²) in [6.07, 6.45) is 0.765. The second-order valence-electron chi connectivity index (χ2n) is 7.23. The number of hydrogen-bond donors (Lipinski definition) is 0. The van der Waals surface area contributed by atoms with E-state index in [-0.39, 0.29) is 17.2 Å². The van der Waals surface area contributed by atoms with Crippen LogP contribution in [0.3, 0.4) is 0 Å². The fourth-order valence-corrected chi connectivity index (χ4v) is 5.85. The molecule has 1 fully saturated rings. The maximum absolute atomic E-state index is 13.4. The Hall–Kier alpha value is -1.74. The number of halogens is 1. The molecule has 2 aromatic rings. The molecule has 0 aliphatic carbocycles. The molecule has 29 heavy (non-hydrogen) atoms. The Balaban J connectivity index is 1.68. The van der Waals surface area contributed by atoms with Crippen molar-refractivity contribution < 1.29 is 17.9 Å². The standard InChI is InChI=1S/C21H23BrN2O4S/c22-17-5-7-18(8-6-17)29(26,27)24-10-9-16-3-1-2-4-19(16)20(24)15-21(25)23-11-13-28-14-12-23/h1-8,20H,9-15H2/t20-/m1/s1. The second kappa shape index (κ2) is 8.55. The number of ether oxygens (including phenoxy) is 1. The number of nitrogens with zero attached hydrogens (tertiary/aromatic N) is 2. The molecule has 2 aliphatic rings. The highest BCUT2D eigenvalue weighted by Crippen LogP contribution is 2.37. The van der Waals surface area contributed by atoms with E-state index in [0.29, 0.717) is 39.3 Å². The summed E-state index contributed by atoms with van der Waals surface area (Å²) >= 11 is 3.35. The third-order valence-corrected chi connectivity index (χ3v) is 7.97. The first-order valence-electron chi connectivity index (χ1n) is 9.67. The Bertz CT molecular complexity index is 988. The lowest BCUT2D eigenvalue weighted by molar-refractivity contribution is -0.136. The predicted molar refractivity (Wildman–Crippen MR) is 113 cm³/mol. The maximum Gasteiger partial charge on any atom is 0.243 e. The highest BCUT2D eigenvalue weighted by atomic mass is 79.9. The smallest absolute Gasteiger partial charge is 0.243 e. The number of rotatable bonds is 4. The molecule has 8 heteroatoms. The van der Waals surface area contributed by atoms with Crippen molar-refractivity contribution in [2.75, 3.05) is 32.8 Å². The van der Waals surface area contributed by atoms with Crippen molar-refractivity contribution in [3.63, 3.8) is 0 Å². The van der Waals surface area contributed by atoms with Gasteiger partial charge >= 0.3 is 0 Å². The van der Waals surface area contributed by atoms with Gasteiger partial charge in [0.05, 0.1) is 24.2 Å². The second-order valence-corrected chi connectivity index (χ2v) is 10.0. The Labute approximate surface area is 179 Å². The van der Waals surface area contributed by atoms with Crippen molar-refractivity contribution >= 4 is 31.9 Å². The van der Waals surface area contributed by atoms with Gasteiger partial charge in [0.25, 0.3) is 0 Å². The molecule has 0 bridgehead atoms. The molecule has 0 radical (unpaired) electrons. The minimum absolute atomic E-state index is 0.0361. The molecule has 0 unspecified atom stereocenters. The third-order valence-electron chi connectivity index (χ3n) is 5.52. The zero-order valence-corrected chi connectivity index (χ0v) is 18.4. The summed E-state index contributed by atoms with van der Waals surface area (Å²) in [5.74, 6) is -0.0361. The van der Waals surface area contributed by atoms with Crippen LogP contribution in [0.2, 0.25) is 0 Å². The Morgan fingerprint density at radius 1 is 1.03 bits per heavy atom. The number of amides is 1. The number of hydrogen-bond acceptors (Lipinski definition) is 4. The summed E-state index contributed by atoms with van der Waals surface area (Å²) in [7, 11) is -3.73. The lowest BCUT2D eigenvalue weighted by Crippen LogP contribution is -2.45. The van der Waals surface area contributed by atoms with Crippen LogP contribution in [0.4, 0.5) is 0 Å². The van der Waals surface area contributed by atoms with E-state index in [1.165, 1.54) is 4.31 Å². The monoisotopic (exact) mass is 478 g/mol. The largest absolute Gasteiger partial charge is 0.378 e. The maximum atomic E-state index is 13.4. The van der Waals surface area contributed by atoms with Gasteiger partial charge in [-0.25, -0.2) is 8.42 Å². The first-order chi connectivity index (χ1) is 14.0. The number of carbonyl (C=O) groups excluding carboxylic acids is 1. The molecule has 154 valence electrons. The summed E-state index contributed by atoms with van der Waals surface area (Å²) in [5, 5.41) is 0. The summed E-state index contributed by atoms with van der Waals surface area (Å²) in [6, 6.07) is 13.9. The molecule has 4 rings (SSSR count). The molecule has 2 heterocycles. The predicted octanol–water partition coefficient (Wildman–Crippen LogP) is 2.99. The fourth-order valence-electron chi connectivity index (χ4n) is 3.98. The van der Waals surface area contributed by atoms with Crippen LogP contribution in [0.25, 0.3) is 0 Å². The molecule has 0 N–H and O–H groups in total. The van der Waals surface area contributed by atoms with Gasteiger partial charge in [0.2, 0.25) is 15.9 Å². The van der Waals surface area contributed by atoms with Crippen LogP contribution < -0.4 is 0 Å². The molecule has 2 aliphatic heterocycles. The van der Waals surface area contributed by atoms with Gasteiger partial charge in [-0.1, -0.05) is 40.2 Å². The topological polar surface area (TPSA) is 66.9 Å². The highest BCUT2D eigenvalue weighted by molar-refractivity contribution is 9.10. The lowest BCUT2D eigenvalue weighted by atomic mass is 9.92. The molecule has 0 saturated carbocycles. The van der Waals surface area contributed by atoms with Crippen LogP contribution in [-0.2, 0) is 26.0 Å². The van der Waals surface area contributed by atoms with Crippen LogP contribution in [0.5, 0.6) is 0 Å². The number of morpholine rings is 1. The van der Waals surface area contributed by atoms with Gasteiger partial charge in [0, 0.05) is 30.5 Å². The molecule has 0 spiro atoms. The van der Waals surface area contributed by atoms with Gasteiger partial charge in [0.1, 0.15) is 0 Å². The van der Waals surface area contributed by atoms with E-state index in [4.69, 9.17) is 4.74 Å². The minimum Gasteiger partial charge on any atom is -0.378 e. The van der Waals surface area contributed by atoms with E-state index >= 15 is 0 Å².